The van der Waals surface area contributed by atoms with Gasteiger partial charge in [0.05, 0.1) is 5.39 Å². The molecule has 0 radical (unpaired) electrons. The number of H-pyrrole nitrogens is 1. The second-order valence-electron chi connectivity index (χ2n) is 6.64. The molecular weight excluding hydrogens is 290 g/mol. The molecule has 0 bridgehead atoms. The number of rotatable bonds is 3. The number of hydrogen-bond acceptors (Lipinski definition) is 4. The first-order valence-corrected chi connectivity index (χ1v) is 8.09. The van der Waals surface area contributed by atoms with Crippen LogP contribution < -0.4 is 4.90 Å². The van der Waals surface area contributed by atoms with Crippen molar-refractivity contribution < 1.29 is 4.79 Å². The van der Waals surface area contributed by atoms with E-state index in [0.29, 0.717) is 17.9 Å². The van der Waals surface area contributed by atoms with Gasteiger partial charge in [0.1, 0.15) is 17.8 Å². The van der Waals surface area contributed by atoms with Gasteiger partial charge >= 0.3 is 0 Å². The number of carbonyl (C=O) groups excluding carboxylic acids is 1. The van der Waals surface area contributed by atoms with Crippen LogP contribution in [0.5, 0.6) is 0 Å². The summed E-state index contributed by atoms with van der Waals surface area (Å²) in [7, 11) is 2.12. The smallest absolute Gasteiger partial charge is 0.245 e. The minimum atomic E-state index is 0.0640. The molecule has 3 heterocycles. The summed E-state index contributed by atoms with van der Waals surface area (Å²) >= 11 is 0. The van der Waals surface area contributed by atoms with E-state index >= 15 is 0 Å². The fraction of sp³-hybridized carbons (Fsp3) is 0.471. The molecule has 120 valence electrons. The molecule has 6 nitrogen and oxygen atoms in total. The molecule has 1 aliphatic heterocycles. The maximum Gasteiger partial charge on any atom is 0.245 e. The SMILES string of the molecule is C=CC(=O)N1C[C@H]2CC(N(C)c3ncnc4[nH]ccc34)C[C@H]2C1. The van der Waals surface area contributed by atoms with Crippen LogP contribution in [0.2, 0.25) is 0 Å². The molecule has 1 saturated carbocycles. The van der Waals surface area contributed by atoms with Crippen LogP contribution >= 0.6 is 0 Å². The zero-order chi connectivity index (χ0) is 16.0. The fourth-order valence-corrected chi connectivity index (χ4v) is 4.21. The predicted molar refractivity (Wildman–Crippen MR) is 89.1 cm³/mol. The summed E-state index contributed by atoms with van der Waals surface area (Å²) in [6.45, 7) is 5.32. The Morgan fingerprint density at radius 3 is 2.83 bits per heavy atom. The van der Waals surface area contributed by atoms with Gasteiger partial charge in [0.2, 0.25) is 5.91 Å². The zero-order valence-electron chi connectivity index (χ0n) is 13.3. The standard InChI is InChI=1S/C17H21N5O/c1-3-15(23)22-8-11-6-13(7-12(11)9-22)21(2)17-14-4-5-18-16(14)19-10-20-17/h3-5,10-13H,1,6-9H2,2H3,(H,18,19,20)/t11-,12+,13?. The van der Waals surface area contributed by atoms with Gasteiger partial charge in [0, 0.05) is 32.4 Å². The van der Waals surface area contributed by atoms with Gasteiger partial charge in [-0.3, -0.25) is 4.79 Å². The van der Waals surface area contributed by atoms with Gasteiger partial charge in [-0.15, -0.1) is 0 Å². The first-order chi connectivity index (χ1) is 11.2. The molecule has 1 amide bonds. The topological polar surface area (TPSA) is 65.1 Å². The number of anilines is 1. The van der Waals surface area contributed by atoms with E-state index in [4.69, 9.17) is 0 Å². The maximum atomic E-state index is 11.8. The van der Waals surface area contributed by atoms with E-state index in [-0.39, 0.29) is 5.91 Å². The lowest BCUT2D eigenvalue weighted by molar-refractivity contribution is -0.125. The van der Waals surface area contributed by atoms with Crippen LogP contribution in [-0.2, 0) is 4.79 Å². The summed E-state index contributed by atoms with van der Waals surface area (Å²) in [6.07, 6.45) is 7.16. The first kappa shape index (κ1) is 14.2. The summed E-state index contributed by atoms with van der Waals surface area (Å²) in [5.74, 6) is 2.24. The van der Waals surface area contributed by atoms with E-state index in [1.807, 2.05) is 17.2 Å². The van der Waals surface area contributed by atoms with Crippen molar-refractivity contribution in [1.29, 1.82) is 0 Å². The highest BCUT2D eigenvalue weighted by molar-refractivity contribution is 5.88. The van der Waals surface area contributed by atoms with Gasteiger partial charge in [-0.1, -0.05) is 6.58 Å². The van der Waals surface area contributed by atoms with E-state index in [2.05, 4.69) is 33.5 Å². The highest BCUT2D eigenvalue weighted by Gasteiger charge is 2.43. The number of nitrogens with one attached hydrogen (secondary N) is 1. The molecule has 2 aliphatic rings. The molecule has 23 heavy (non-hydrogen) atoms. The molecule has 0 spiro atoms. The third-order valence-electron chi connectivity index (χ3n) is 5.43. The number of aromatic amines is 1. The number of hydrogen-bond donors (Lipinski definition) is 1. The third-order valence-corrected chi connectivity index (χ3v) is 5.43. The Morgan fingerprint density at radius 1 is 1.39 bits per heavy atom. The fourth-order valence-electron chi connectivity index (χ4n) is 4.21. The minimum absolute atomic E-state index is 0.0640. The van der Waals surface area contributed by atoms with Gasteiger partial charge in [-0.2, -0.15) is 0 Å². The average molecular weight is 311 g/mol. The van der Waals surface area contributed by atoms with Crippen molar-refractivity contribution in [1.82, 2.24) is 19.9 Å². The van der Waals surface area contributed by atoms with Crippen LogP contribution in [0.1, 0.15) is 12.8 Å². The molecule has 3 atom stereocenters. The van der Waals surface area contributed by atoms with Gasteiger partial charge in [-0.25, -0.2) is 9.97 Å². The van der Waals surface area contributed by atoms with Gasteiger partial charge in [0.25, 0.3) is 0 Å². The Balaban J connectivity index is 1.50. The quantitative estimate of drug-likeness (QED) is 0.878. The third kappa shape index (κ3) is 2.29. The van der Waals surface area contributed by atoms with Crippen molar-refractivity contribution in [2.45, 2.75) is 18.9 Å². The molecule has 1 aliphatic carbocycles. The van der Waals surface area contributed by atoms with E-state index in [1.165, 1.54) is 6.08 Å². The normalized spacial score (nSPS) is 26.5. The lowest BCUT2D eigenvalue weighted by Gasteiger charge is -2.27. The number of fused-ring (bicyclic) bond motifs is 2. The number of likely N-dealkylation sites (tertiary alicyclic amines) is 1. The Bertz CT molecular complexity index is 740. The number of aromatic nitrogens is 3. The van der Waals surface area contributed by atoms with Crippen LogP contribution in [0.4, 0.5) is 5.82 Å². The summed E-state index contributed by atoms with van der Waals surface area (Å²) < 4.78 is 0. The zero-order valence-corrected chi connectivity index (χ0v) is 13.3. The Morgan fingerprint density at radius 2 is 2.13 bits per heavy atom. The van der Waals surface area contributed by atoms with E-state index in [1.54, 1.807) is 6.33 Å². The largest absolute Gasteiger partial charge is 0.356 e. The Hall–Kier alpha value is -2.37. The molecule has 0 aromatic carbocycles. The van der Waals surface area contributed by atoms with Crippen LogP contribution in [0.15, 0.2) is 31.2 Å². The van der Waals surface area contributed by atoms with Crippen molar-refractivity contribution in [3.63, 3.8) is 0 Å². The Labute approximate surface area is 135 Å². The van der Waals surface area contributed by atoms with Crippen LogP contribution in [0.25, 0.3) is 11.0 Å². The van der Waals surface area contributed by atoms with Crippen molar-refractivity contribution in [3.8, 4) is 0 Å². The van der Waals surface area contributed by atoms with Crippen LogP contribution in [0.3, 0.4) is 0 Å². The van der Waals surface area contributed by atoms with E-state index in [9.17, 15) is 4.79 Å². The number of amides is 1. The molecule has 2 aromatic rings. The maximum absolute atomic E-state index is 11.8. The summed E-state index contributed by atoms with van der Waals surface area (Å²) in [5, 5.41) is 1.07. The second-order valence-corrected chi connectivity index (χ2v) is 6.64. The monoisotopic (exact) mass is 311 g/mol. The molecule has 6 heteroatoms. The number of nitrogens with zero attached hydrogens (tertiary/aromatic N) is 4. The lowest BCUT2D eigenvalue weighted by atomic mass is 10.0. The van der Waals surface area contributed by atoms with Gasteiger partial charge < -0.3 is 14.8 Å². The van der Waals surface area contributed by atoms with Gasteiger partial charge in [0.15, 0.2) is 0 Å². The van der Waals surface area contributed by atoms with Crippen molar-refractivity contribution in [2.24, 2.45) is 11.8 Å². The summed E-state index contributed by atoms with van der Waals surface area (Å²) in [6, 6.07) is 2.50. The molecule has 1 saturated heterocycles. The second kappa shape index (κ2) is 5.37. The minimum Gasteiger partial charge on any atom is -0.356 e. The van der Waals surface area contributed by atoms with E-state index in [0.717, 1.165) is 42.8 Å². The van der Waals surface area contributed by atoms with E-state index < -0.39 is 0 Å². The molecule has 1 unspecified atom stereocenters. The molecule has 2 fully saturated rings. The Kier molecular flexibility index (Phi) is 3.32. The number of carbonyl (C=O) groups is 1. The predicted octanol–water partition coefficient (Wildman–Crippen LogP) is 1.82. The first-order valence-electron chi connectivity index (χ1n) is 8.09. The molecular formula is C17H21N5O. The summed E-state index contributed by atoms with van der Waals surface area (Å²) in [5.41, 5.74) is 0.878. The summed E-state index contributed by atoms with van der Waals surface area (Å²) in [4.78, 5) is 27.9. The van der Waals surface area contributed by atoms with Crippen molar-refractivity contribution >= 4 is 22.8 Å². The lowest BCUT2D eigenvalue weighted by Crippen LogP contribution is -2.34. The molecule has 4 rings (SSSR count). The highest BCUT2D eigenvalue weighted by atomic mass is 16.2. The van der Waals surface area contributed by atoms with Gasteiger partial charge in [-0.05, 0) is 36.8 Å². The van der Waals surface area contributed by atoms with Crippen LogP contribution in [-0.4, -0.2) is 51.9 Å². The highest BCUT2D eigenvalue weighted by Crippen LogP contribution is 2.41. The van der Waals surface area contributed by atoms with Crippen LogP contribution in [0, 0.1) is 11.8 Å². The van der Waals surface area contributed by atoms with Crippen molar-refractivity contribution in [3.05, 3.63) is 31.2 Å². The molecule has 1 N–H and O–H groups in total. The molecule has 2 aromatic heterocycles. The van der Waals surface area contributed by atoms with Crippen molar-refractivity contribution in [2.75, 3.05) is 25.0 Å². The average Bonchev–Trinajstić information content (AvgIpc) is 3.26.